The van der Waals surface area contributed by atoms with Gasteiger partial charge in [0.1, 0.15) is 17.3 Å². The average Bonchev–Trinajstić information content (AvgIpc) is 2.71. The molecular formula is C10H16BrNO4S2. The molecule has 1 rings (SSSR count). The molecule has 0 fully saturated rings. The summed E-state index contributed by atoms with van der Waals surface area (Å²) in [5.74, 6) is 0.208. The number of hydrogen-bond donors (Lipinski definition) is 2. The number of thioether (sulfide) groups is 1. The lowest BCUT2D eigenvalue weighted by Gasteiger charge is -2.08. The van der Waals surface area contributed by atoms with E-state index in [1.807, 2.05) is 13.2 Å². The van der Waals surface area contributed by atoms with Crippen molar-refractivity contribution in [3.8, 4) is 0 Å². The van der Waals surface area contributed by atoms with Crippen LogP contribution >= 0.6 is 27.7 Å². The van der Waals surface area contributed by atoms with Gasteiger partial charge >= 0.3 is 0 Å². The Bertz CT molecular complexity index is 486. The fourth-order valence-corrected chi connectivity index (χ4v) is 3.65. The number of aliphatic hydroxyl groups is 1. The zero-order chi connectivity index (χ0) is 13.8. The Kier molecular flexibility index (Phi) is 6.19. The zero-order valence-electron chi connectivity index (χ0n) is 10.1. The molecule has 0 spiro atoms. The van der Waals surface area contributed by atoms with E-state index in [1.54, 1.807) is 11.8 Å². The van der Waals surface area contributed by atoms with Crippen molar-refractivity contribution in [1.29, 1.82) is 0 Å². The van der Waals surface area contributed by atoms with Crippen LogP contribution in [0, 0.1) is 0 Å². The van der Waals surface area contributed by atoms with Gasteiger partial charge in [0.15, 0.2) is 4.67 Å². The van der Waals surface area contributed by atoms with Crippen LogP contribution < -0.4 is 4.72 Å². The molecule has 1 unspecified atom stereocenters. The van der Waals surface area contributed by atoms with Gasteiger partial charge in [0, 0.05) is 17.9 Å². The predicted molar refractivity (Wildman–Crippen MR) is 75.1 cm³/mol. The van der Waals surface area contributed by atoms with E-state index < -0.39 is 10.0 Å². The molecule has 5 nitrogen and oxygen atoms in total. The minimum absolute atomic E-state index is 0.0170. The van der Waals surface area contributed by atoms with Gasteiger partial charge in [-0.05, 0) is 28.6 Å². The lowest BCUT2D eigenvalue weighted by molar-refractivity contribution is 0.245. The first kappa shape index (κ1) is 16.0. The van der Waals surface area contributed by atoms with Gasteiger partial charge in [0.05, 0.1) is 0 Å². The first-order chi connectivity index (χ1) is 8.40. The molecule has 0 aliphatic heterocycles. The van der Waals surface area contributed by atoms with E-state index in [2.05, 4.69) is 20.7 Å². The standard InChI is InChI=1S/C10H16BrNO4S2/c1-7(17-2)3-4-12-18(14,15)9-5-8(6-13)16-10(9)11/h5,7,12-13H,3-4,6H2,1-2H3. The highest BCUT2D eigenvalue weighted by atomic mass is 79.9. The van der Waals surface area contributed by atoms with Gasteiger partial charge in [-0.1, -0.05) is 6.92 Å². The summed E-state index contributed by atoms with van der Waals surface area (Å²) >= 11 is 4.71. The maximum absolute atomic E-state index is 12.0. The lowest BCUT2D eigenvalue weighted by atomic mass is 10.3. The van der Waals surface area contributed by atoms with Crippen LogP contribution in [0.15, 0.2) is 20.0 Å². The van der Waals surface area contributed by atoms with Gasteiger partial charge in [-0.3, -0.25) is 0 Å². The summed E-state index contributed by atoms with van der Waals surface area (Å²) in [5.41, 5.74) is 0. The van der Waals surface area contributed by atoms with Crippen molar-refractivity contribution >= 4 is 37.7 Å². The number of nitrogens with one attached hydrogen (secondary N) is 1. The Hall–Kier alpha value is -0.0200. The molecule has 0 bridgehead atoms. The van der Waals surface area contributed by atoms with Gasteiger partial charge in [-0.15, -0.1) is 0 Å². The largest absolute Gasteiger partial charge is 0.450 e. The molecule has 1 heterocycles. The third-order valence-electron chi connectivity index (χ3n) is 2.40. The lowest BCUT2D eigenvalue weighted by Crippen LogP contribution is -2.26. The van der Waals surface area contributed by atoms with Crippen molar-refractivity contribution < 1.29 is 17.9 Å². The highest BCUT2D eigenvalue weighted by molar-refractivity contribution is 9.10. The molecule has 104 valence electrons. The van der Waals surface area contributed by atoms with E-state index in [9.17, 15) is 8.42 Å². The van der Waals surface area contributed by atoms with Gasteiger partial charge in [0.25, 0.3) is 0 Å². The van der Waals surface area contributed by atoms with Crippen LogP contribution in [-0.4, -0.2) is 31.6 Å². The first-order valence-corrected chi connectivity index (χ1v) is 8.88. The molecule has 0 amide bonds. The van der Waals surface area contributed by atoms with E-state index in [0.29, 0.717) is 11.8 Å². The quantitative estimate of drug-likeness (QED) is 0.779. The third-order valence-corrected chi connectivity index (χ3v) is 5.76. The Balaban J connectivity index is 2.71. The molecule has 18 heavy (non-hydrogen) atoms. The van der Waals surface area contributed by atoms with Crippen molar-refractivity contribution in [2.75, 3.05) is 12.8 Å². The first-order valence-electron chi connectivity index (χ1n) is 5.32. The predicted octanol–water partition coefficient (Wildman–Crippen LogP) is 1.95. The Morgan fingerprint density at radius 3 is 2.78 bits per heavy atom. The smallest absolute Gasteiger partial charge is 0.244 e. The summed E-state index contributed by atoms with van der Waals surface area (Å²) in [5, 5.41) is 9.29. The van der Waals surface area contributed by atoms with Crippen molar-refractivity contribution in [3.05, 3.63) is 16.5 Å². The highest BCUT2D eigenvalue weighted by Gasteiger charge is 2.22. The summed E-state index contributed by atoms with van der Waals surface area (Å²) < 4.78 is 31.6. The molecule has 1 atom stereocenters. The normalized spacial score (nSPS) is 13.8. The number of sulfonamides is 1. The second-order valence-corrected chi connectivity index (χ2v) is 7.47. The highest BCUT2D eigenvalue weighted by Crippen LogP contribution is 2.26. The van der Waals surface area contributed by atoms with E-state index in [4.69, 9.17) is 9.52 Å². The average molecular weight is 358 g/mol. The Morgan fingerprint density at radius 2 is 2.28 bits per heavy atom. The zero-order valence-corrected chi connectivity index (χ0v) is 13.4. The van der Waals surface area contributed by atoms with Crippen LogP contribution in [0.3, 0.4) is 0 Å². The monoisotopic (exact) mass is 357 g/mol. The van der Waals surface area contributed by atoms with Crippen molar-refractivity contribution in [3.63, 3.8) is 0 Å². The minimum atomic E-state index is -3.60. The molecule has 0 saturated carbocycles. The molecule has 0 radical (unpaired) electrons. The number of aliphatic hydroxyl groups excluding tert-OH is 1. The van der Waals surface area contributed by atoms with Crippen LogP contribution in [0.4, 0.5) is 0 Å². The van der Waals surface area contributed by atoms with E-state index in [-0.39, 0.29) is 21.9 Å². The van der Waals surface area contributed by atoms with Gasteiger partial charge in [-0.2, -0.15) is 11.8 Å². The molecule has 2 N–H and O–H groups in total. The van der Waals surface area contributed by atoms with Gasteiger partial charge < -0.3 is 9.52 Å². The minimum Gasteiger partial charge on any atom is -0.450 e. The number of rotatable bonds is 7. The van der Waals surface area contributed by atoms with E-state index >= 15 is 0 Å². The van der Waals surface area contributed by atoms with E-state index in [0.717, 1.165) is 6.42 Å². The second kappa shape index (κ2) is 6.95. The van der Waals surface area contributed by atoms with Crippen molar-refractivity contribution in [2.24, 2.45) is 0 Å². The third kappa shape index (κ3) is 4.27. The Morgan fingerprint density at radius 1 is 1.61 bits per heavy atom. The van der Waals surface area contributed by atoms with Crippen LogP contribution in [-0.2, 0) is 16.6 Å². The van der Waals surface area contributed by atoms with Crippen LogP contribution in [0.1, 0.15) is 19.1 Å². The summed E-state index contributed by atoms with van der Waals surface area (Å²) in [6.07, 6.45) is 2.74. The molecule has 0 aromatic carbocycles. The summed E-state index contributed by atoms with van der Waals surface area (Å²) in [6, 6.07) is 1.31. The number of hydrogen-bond acceptors (Lipinski definition) is 5. The molecule has 0 aliphatic carbocycles. The topological polar surface area (TPSA) is 79.5 Å². The molecule has 0 saturated heterocycles. The molecular weight excluding hydrogens is 342 g/mol. The molecule has 8 heteroatoms. The van der Waals surface area contributed by atoms with Crippen LogP contribution in [0.2, 0.25) is 0 Å². The molecule has 1 aromatic rings. The fourth-order valence-electron chi connectivity index (χ4n) is 1.25. The maximum atomic E-state index is 12.0. The second-order valence-electron chi connectivity index (χ2n) is 3.74. The summed E-state index contributed by atoms with van der Waals surface area (Å²) in [7, 11) is -3.60. The SMILES string of the molecule is CSC(C)CCNS(=O)(=O)c1cc(CO)oc1Br. The van der Waals surface area contributed by atoms with Gasteiger partial charge in [0.2, 0.25) is 10.0 Å². The molecule has 1 aromatic heterocycles. The number of halogens is 1. The molecule has 0 aliphatic rings. The Labute approximate surface area is 120 Å². The van der Waals surface area contributed by atoms with E-state index in [1.165, 1.54) is 6.07 Å². The maximum Gasteiger partial charge on any atom is 0.244 e. The summed E-state index contributed by atoms with van der Waals surface area (Å²) in [4.78, 5) is 0.0170. The number of furan rings is 1. The van der Waals surface area contributed by atoms with Crippen molar-refractivity contribution in [2.45, 2.75) is 30.1 Å². The van der Waals surface area contributed by atoms with Crippen LogP contribution in [0.5, 0.6) is 0 Å². The van der Waals surface area contributed by atoms with Gasteiger partial charge in [-0.25, -0.2) is 13.1 Å². The van der Waals surface area contributed by atoms with Crippen LogP contribution in [0.25, 0.3) is 0 Å². The van der Waals surface area contributed by atoms with Crippen molar-refractivity contribution in [1.82, 2.24) is 4.72 Å². The fraction of sp³-hybridized carbons (Fsp3) is 0.600. The summed E-state index contributed by atoms with van der Waals surface area (Å²) in [6.45, 7) is 2.07.